The number of hydrogen-bond donors (Lipinski definition) is 1. The zero-order valence-electron chi connectivity index (χ0n) is 8.24. The standard InChI is InChI=1S/C10H19NO2/c1-2-12-10-8(11)5-9(10)13-6-7-3-4-7/h7-10H,2-6,11H2,1H3. The SMILES string of the molecule is CCOC1C(N)CC1OCC1CC1. The highest BCUT2D eigenvalue weighted by Crippen LogP contribution is 2.32. The summed E-state index contributed by atoms with van der Waals surface area (Å²) in [5, 5.41) is 0. The molecule has 0 aromatic carbocycles. The summed E-state index contributed by atoms with van der Waals surface area (Å²) in [4.78, 5) is 0. The van der Waals surface area contributed by atoms with Gasteiger partial charge in [0, 0.05) is 19.3 Å². The largest absolute Gasteiger partial charge is 0.375 e. The maximum absolute atomic E-state index is 5.82. The lowest BCUT2D eigenvalue weighted by Gasteiger charge is -2.41. The molecule has 3 heteroatoms. The van der Waals surface area contributed by atoms with Gasteiger partial charge in [-0.25, -0.2) is 0 Å². The number of nitrogens with two attached hydrogens (primary N) is 1. The van der Waals surface area contributed by atoms with Crippen LogP contribution in [0, 0.1) is 5.92 Å². The molecule has 2 aliphatic rings. The Morgan fingerprint density at radius 1 is 1.31 bits per heavy atom. The van der Waals surface area contributed by atoms with Gasteiger partial charge in [-0.3, -0.25) is 0 Å². The first kappa shape index (κ1) is 9.44. The summed E-state index contributed by atoms with van der Waals surface area (Å²) in [5.41, 5.74) is 5.82. The van der Waals surface area contributed by atoms with Gasteiger partial charge in [-0.15, -0.1) is 0 Å². The third-order valence-electron chi connectivity index (χ3n) is 2.89. The van der Waals surface area contributed by atoms with Crippen molar-refractivity contribution in [3.05, 3.63) is 0 Å². The monoisotopic (exact) mass is 185 g/mol. The van der Waals surface area contributed by atoms with E-state index in [9.17, 15) is 0 Å². The summed E-state index contributed by atoms with van der Waals surface area (Å²) in [6, 6.07) is 0.198. The molecule has 0 spiro atoms. The van der Waals surface area contributed by atoms with Crippen LogP contribution < -0.4 is 5.73 Å². The van der Waals surface area contributed by atoms with Gasteiger partial charge in [0.05, 0.1) is 12.2 Å². The minimum absolute atomic E-state index is 0.156. The smallest absolute Gasteiger partial charge is 0.0988 e. The molecule has 2 aliphatic carbocycles. The van der Waals surface area contributed by atoms with Crippen LogP contribution in [0.15, 0.2) is 0 Å². The number of hydrogen-bond acceptors (Lipinski definition) is 3. The summed E-state index contributed by atoms with van der Waals surface area (Å²) >= 11 is 0. The van der Waals surface area contributed by atoms with Gasteiger partial charge in [0.15, 0.2) is 0 Å². The van der Waals surface area contributed by atoms with E-state index in [0.717, 1.165) is 25.6 Å². The van der Waals surface area contributed by atoms with Crippen LogP contribution in [0.2, 0.25) is 0 Å². The summed E-state index contributed by atoms with van der Waals surface area (Å²) in [6.07, 6.45) is 4.09. The van der Waals surface area contributed by atoms with E-state index >= 15 is 0 Å². The maximum atomic E-state index is 5.82. The van der Waals surface area contributed by atoms with Crippen molar-refractivity contribution in [1.29, 1.82) is 0 Å². The molecule has 0 radical (unpaired) electrons. The fourth-order valence-corrected chi connectivity index (χ4v) is 1.75. The highest BCUT2D eigenvalue weighted by Gasteiger charge is 2.41. The van der Waals surface area contributed by atoms with Gasteiger partial charge in [0.1, 0.15) is 0 Å². The second-order valence-corrected chi connectivity index (χ2v) is 4.13. The topological polar surface area (TPSA) is 44.5 Å². The van der Waals surface area contributed by atoms with Gasteiger partial charge in [0.2, 0.25) is 0 Å². The van der Waals surface area contributed by atoms with Gasteiger partial charge in [-0.2, -0.15) is 0 Å². The molecule has 0 aromatic rings. The fraction of sp³-hybridized carbons (Fsp3) is 1.00. The van der Waals surface area contributed by atoms with E-state index in [4.69, 9.17) is 15.2 Å². The zero-order chi connectivity index (χ0) is 9.26. The van der Waals surface area contributed by atoms with Crippen molar-refractivity contribution in [2.75, 3.05) is 13.2 Å². The van der Waals surface area contributed by atoms with E-state index in [1.807, 2.05) is 6.92 Å². The van der Waals surface area contributed by atoms with Crippen LogP contribution in [-0.4, -0.2) is 31.5 Å². The van der Waals surface area contributed by atoms with E-state index in [1.165, 1.54) is 12.8 Å². The average Bonchev–Trinajstić information content (AvgIpc) is 2.91. The van der Waals surface area contributed by atoms with Crippen LogP contribution in [0.3, 0.4) is 0 Å². The number of ether oxygens (including phenoxy) is 2. The molecule has 0 amide bonds. The summed E-state index contributed by atoms with van der Waals surface area (Å²) in [6.45, 7) is 3.66. The quantitative estimate of drug-likeness (QED) is 0.692. The van der Waals surface area contributed by atoms with Crippen molar-refractivity contribution < 1.29 is 9.47 Å². The van der Waals surface area contributed by atoms with E-state index in [2.05, 4.69) is 0 Å². The molecule has 2 N–H and O–H groups in total. The van der Waals surface area contributed by atoms with Crippen LogP contribution in [0.5, 0.6) is 0 Å². The minimum atomic E-state index is 0.156. The molecule has 76 valence electrons. The molecule has 2 rings (SSSR count). The molecular formula is C10H19NO2. The minimum Gasteiger partial charge on any atom is -0.375 e. The first-order valence-corrected chi connectivity index (χ1v) is 5.30. The fourth-order valence-electron chi connectivity index (χ4n) is 1.75. The van der Waals surface area contributed by atoms with Crippen LogP contribution in [-0.2, 0) is 9.47 Å². The molecule has 0 aliphatic heterocycles. The molecule has 3 atom stereocenters. The summed E-state index contributed by atoms with van der Waals surface area (Å²) in [5.74, 6) is 0.833. The van der Waals surface area contributed by atoms with Crippen molar-refractivity contribution in [3.63, 3.8) is 0 Å². The zero-order valence-corrected chi connectivity index (χ0v) is 8.24. The van der Waals surface area contributed by atoms with E-state index in [0.29, 0.717) is 0 Å². The molecule has 13 heavy (non-hydrogen) atoms. The molecule has 0 saturated heterocycles. The van der Waals surface area contributed by atoms with Gasteiger partial charge >= 0.3 is 0 Å². The van der Waals surface area contributed by atoms with Crippen molar-refractivity contribution in [1.82, 2.24) is 0 Å². The van der Waals surface area contributed by atoms with Gasteiger partial charge in [-0.1, -0.05) is 0 Å². The Morgan fingerprint density at radius 2 is 2.08 bits per heavy atom. The normalized spacial score (nSPS) is 38.8. The molecule has 0 heterocycles. The second kappa shape index (κ2) is 3.95. The van der Waals surface area contributed by atoms with Crippen molar-refractivity contribution >= 4 is 0 Å². The van der Waals surface area contributed by atoms with Gasteiger partial charge < -0.3 is 15.2 Å². The Labute approximate surface area is 79.6 Å². The van der Waals surface area contributed by atoms with E-state index in [1.54, 1.807) is 0 Å². The molecule has 0 bridgehead atoms. The number of rotatable bonds is 5. The molecule has 2 fully saturated rings. The Bertz CT molecular complexity index is 170. The lowest BCUT2D eigenvalue weighted by molar-refractivity contribution is -0.139. The van der Waals surface area contributed by atoms with Crippen LogP contribution >= 0.6 is 0 Å². The van der Waals surface area contributed by atoms with Crippen LogP contribution in [0.25, 0.3) is 0 Å². The molecule has 3 nitrogen and oxygen atoms in total. The van der Waals surface area contributed by atoms with Crippen molar-refractivity contribution in [2.24, 2.45) is 11.7 Å². The van der Waals surface area contributed by atoms with Crippen molar-refractivity contribution in [3.8, 4) is 0 Å². The van der Waals surface area contributed by atoms with Crippen LogP contribution in [0.4, 0.5) is 0 Å². The van der Waals surface area contributed by atoms with Gasteiger partial charge in [0.25, 0.3) is 0 Å². The Hall–Kier alpha value is -0.120. The second-order valence-electron chi connectivity index (χ2n) is 4.13. The maximum Gasteiger partial charge on any atom is 0.0988 e. The highest BCUT2D eigenvalue weighted by molar-refractivity contribution is 4.95. The Kier molecular flexibility index (Phi) is 2.86. The lowest BCUT2D eigenvalue weighted by atomic mass is 9.86. The molecule has 2 saturated carbocycles. The molecular weight excluding hydrogens is 166 g/mol. The van der Waals surface area contributed by atoms with Crippen molar-refractivity contribution in [2.45, 2.75) is 44.4 Å². The first-order chi connectivity index (χ1) is 6.31. The Balaban J connectivity index is 1.66. The summed E-state index contributed by atoms with van der Waals surface area (Å²) < 4.78 is 11.2. The average molecular weight is 185 g/mol. The van der Waals surface area contributed by atoms with E-state index in [-0.39, 0.29) is 18.2 Å². The van der Waals surface area contributed by atoms with Crippen LogP contribution in [0.1, 0.15) is 26.2 Å². The highest BCUT2D eigenvalue weighted by atomic mass is 16.5. The third-order valence-corrected chi connectivity index (χ3v) is 2.89. The first-order valence-electron chi connectivity index (χ1n) is 5.30. The predicted octanol–water partition coefficient (Wildman–Crippen LogP) is 0.918. The molecule has 0 aromatic heterocycles. The molecule has 3 unspecified atom stereocenters. The third kappa shape index (κ3) is 2.22. The van der Waals surface area contributed by atoms with E-state index < -0.39 is 0 Å². The summed E-state index contributed by atoms with van der Waals surface area (Å²) in [7, 11) is 0. The Morgan fingerprint density at radius 3 is 2.62 bits per heavy atom. The predicted molar refractivity (Wildman–Crippen MR) is 50.5 cm³/mol. The van der Waals surface area contributed by atoms with Gasteiger partial charge in [-0.05, 0) is 32.1 Å². The lowest BCUT2D eigenvalue weighted by Crippen LogP contribution is -2.58.